The highest BCUT2D eigenvalue weighted by molar-refractivity contribution is 6.30. The lowest BCUT2D eigenvalue weighted by molar-refractivity contribution is -0.132. The van der Waals surface area contributed by atoms with Gasteiger partial charge in [0.2, 0.25) is 5.91 Å². The van der Waals surface area contributed by atoms with Crippen LogP contribution in [0.5, 0.6) is 0 Å². The minimum atomic E-state index is -0.213. The third-order valence-corrected chi connectivity index (χ3v) is 4.20. The molecular weight excluding hydrogens is 234 g/mol. The van der Waals surface area contributed by atoms with E-state index >= 15 is 0 Å². The molecule has 1 saturated carbocycles. The smallest absolute Gasteiger partial charge is 0.233 e. The Morgan fingerprint density at radius 1 is 1.12 bits per heavy atom. The molecule has 1 heterocycles. The summed E-state index contributed by atoms with van der Waals surface area (Å²) in [5.74, 6) is 0.331. The van der Waals surface area contributed by atoms with Gasteiger partial charge in [-0.05, 0) is 43.4 Å². The summed E-state index contributed by atoms with van der Waals surface area (Å²) in [6.07, 6.45) is 4.29. The van der Waals surface area contributed by atoms with Crippen LogP contribution in [0.15, 0.2) is 24.3 Å². The van der Waals surface area contributed by atoms with Gasteiger partial charge in [-0.1, -0.05) is 23.7 Å². The zero-order valence-corrected chi connectivity index (χ0v) is 10.5. The molecule has 2 fully saturated rings. The van der Waals surface area contributed by atoms with Gasteiger partial charge < -0.3 is 4.90 Å². The van der Waals surface area contributed by atoms with E-state index in [1.54, 1.807) is 0 Å². The molecule has 0 bridgehead atoms. The highest BCUT2D eigenvalue weighted by Gasteiger charge is 2.53. The third-order valence-electron chi connectivity index (χ3n) is 3.95. The maximum absolute atomic E-state index is 12.5. The molecule has 1 aromatic rings. The van der Waals surface area contributed by atoms with Crippen molar-refractivity contribution < 1.29 is 4.79 Å². The predicted molar refractivity (Wildman–Crippen MR) is 68.2 cm³/mol. The van der Waals surface area contributed by atoms with E-state index in [4.69, 9.17) is 11.6 Å². The van der Waals surface area contributed by atoms with Gasteiger partial charge in [0.15, 0.2) is 0 Å². The Hall–Kier alpha value is -1.02. The first-order valence-electron chi connectivity index (χ1n) is 6.28. The fraction of sp³-hybridized carbons (Fsp3) is 0.500. The van der Waals surface area contributed by atoms with E-state index in [0.29, 0.717) is 5.91 Å². The molecule has 1 aliphatic heterocycles. The lowest BCUT2D eigenvalue weighted by Crippen LogP contribution is -2.37. The van der Waals surface area contributed by atoms with Crippen LogP contribution in [0.4, 0.5) is 0 Å². The summed E-state index contributed by atoms with van der Waals surface area (Å²) in [5, 5.41) is 0.734. The van der Waals surface area contributed by atoms with Crippen molar-refractivity contribution in [2.45, 2.75) is 31.1 Å². The molecule has 3 rings (SSSR count). The first-order valence-corrected chi connectivity index (χ1v) is 6.66. The molecule has 2 nitrogen and oxygen atoms in total. The number of likely N-dealkylation sites (tertiary alicyclic amines) is 1. The van der Waals surface area contributed by atoms with Crippen LogP contribution in [0.3, 0.4) is 0 Å². The molecule has 2 aliphatic rings. The van der Waals surface area contributed by atoms with Crippen molar-refractivity contribution in [2.75, 3.05) is 13.1 Å². The van der Waals surface area contributed by atoms with Gasteiger partial charge in [0.25, 0.3) is 0 Å². The van der Waals surface area contributed by atoms with Crippen LogP contribution in [0, 0.1) is 0 Å². The highest BCUT2D eigenvalue weighted by atomic mass is 35.5. The van der Waals surface area contributed by atoms with Crippen LogP contribution >= 0.6 is 11.6 Å². The van der Waals surface area contributed by atoms with Crippen molar-refractivity contribution >= 4 is 17.5 Å². The van der Waals surface area contributed by atoms with Gasteiger partial charge in [-0.25, -0.2) is 0 Å². The van der Waals surface area contributed by atoms with Crippen LogP contribution < -0.4 is 0 Å². The largest absolute Gasteiger partial charge is 0.342 e. The molecule has 1 aliphatic carbocycles. The van der Waals surface area contributed by atoms with Crippen molar-refractivity contribution in [2.24, 2.45) is 0 Å². The molecule has 1 amide bonds. The molecule has 0 unspecified atom stereocenters. The molecule has 0 atom stereocenters. The number of carbonyl (C=O) groups is 1. The number of rotatable bonds is 2. The van der Waals surface area contributed by atoms with Gasteiger partial charge in [-0.15, -0.1) is 0 Å². The summed E-state index contributed by atoms with van der Waals surface area (Å²) in [5.41, 5.74) is 0.924. The van der Waals surface area contributed by atoms with Crippen molar-refractivity contribution in [3.05, 3.63) is 34.9 Å². The second-order valence-corrected chi connectivity index (χ2v) is 5.52. The predicted octanol–water partition coefficient (Wildman–Crippen LogP) is 2.99. The van der Waals surface area contributed by atoms with Crippen LogP contribution in [-0.4, -0.2) is 23.9 Å². The second-order valence-electron chi connectivity index (χ2n) is 5.09. The van der Waals surface area contributed by atoms with Crippen LogP contribution in [0.2, 0.25) is 5.02 Å². The van der Waals surface area contributed by atoms with E-state index in [2.05, 4.69) is 0 Å². The zero-order chi connectivity index (χ0) is 11.9. The van der Waals surface area contributed by atoms with E-state index in [-0.39, 0.29) is 5.41 Å². The maximum atomic E-state index is 12.5. The number of nitrogens with zero attached hydrogens (tertiary/aromatic N) is 1. The molecule has 0 spiro atoms. The van der Waals surface area contributed by atoms with Gasteiger partial charge in [0, 0.05) is 18.1 Å². The van der Waals surface area contributed by atoms with Crippen LogP contribution in [0.25, 0.3) is 0 Å². The summed E-state index contributed by atoms with van der Waals surface area (Å²) >= 11 is 5.89. The number of benzene rings is 1. The van der Waals surface area contributed by atoms with Crippen molar-refractivity contribution in [3.63, 3.8) is 0 Å². The van der Waals surface area contributed by atoms with Gasteiger partial charge in [0.1, 0.15) is 0 Å². The number of carbonyl (C=O) groups excluding carboxylic acids is 1. The molecular formula is C14H16ClNO. The van der Waals surface area contributed by atoms with Gasteiger partial charge in [-0.2, -0.15) is 0 Å². The first-order chi connectivity index (χ1) is 8.22. The summed E-state index contributed by atoms with van der Waals surface area (Å²) in [4.78, 5) is 14.5. The quantitative estimate of drug-likeness (QED) is 0.789. The number of amides is 1. The lowest BCUT2D eigenvalue weighted by Gasteiger charge is -2.23. The molecule has 1 aromatic carbocycles. The fourth-order valence-electron chi connectivity index (χ4n) is 2.74. The Kier molecular flexibility index (Phi) is 2.62. The van der Waals surface area contributed by atoms with Crippen molar-refractivity contribution in [1.82, 2.24) is 4.90 Å². The summed E-state index contributed by atoms with van der Waals surface area (Å²) in [6, 6.07) is 7.77. The van der Waals surface area contributed by atoms with E-state index in [1.165, 1.54) is 0 Å². The molecule has 1 saturated heterocycles. The zero-order valence-electron chi connectivity index (χ0n) is 9.79. The average Bonchev–Trinajstić information content (AvgIpc) is 2.97. The van der Waals surface area contributed by atoms with E-state index in [1.807, 2.05) is 29.2 Å². The SMILES string of the molecule is O=C(N1CCCC1)C1(c2ccc(Cl)cc2)CC1. The minimum Gasteiger partial charge on any atom is -0.342 e. The van der Waals surface area contributed by atoms with E-state index < -0.39 is 0 Å². The molecule has 0 radical (unpaired) electrons. The average molecular weight is 250 g/mol. The molecule has 90 valence electrons. The van der Waals surface area contributed by atoms with E-state index in [0.717, 1.165) is 49.4 Å². The Bertz CT molecular complexity index is 430. The Balaban J connectivity index is 1.85. The summed E-state index contributed by atoms with van der Waals surface area (Å²) in [6.45, 7) is 1.88. The van der Waals surface area contributed by atoms with Crippen molar-refractivity contribution in [1.29, 1.82) is 0 Å². The van der Waals surface area contributed by atoms with Gasteiger partial charge in [0.05, 0.1) is 5.41 Å². The minimum absolute atomic E-state index is 0.213. The topological polar surface area (TPSA) is 20.3 Å². The Morgan fingerprint density at radius 2 is 1.71 bits per heavy atom. The Morgan fingerprint density at radius 3 is 2.24 bits per heavy atom. The number of halogens is 1. The lowest BCUT2D eigenvalue weighted by atomic mass is 9.94. The highest BCUT2D eigenvalue weighted by Crippen LogP contribution is 2.50. The molecule has 3 heteroatoms. The van der Waals surface area contributed by atoms with Crippen LogP contribution in [0.1, 0.15) is 31.2 Å². The summed E-state index contributed by atoms with van der Waals surface area (Å²) < 4.78 is 0. The van der Waals surface area contributed by atoms with Gasteiger partial charge in [-0.3, -0.25) is 4.79 Å². The fourth-order valence-corrected chi connectivity index (χ4v) is 2.87. The molecule has 0 aromatic heterocycles. The van der Waals surface area contributed by atoms with Crippen LogP contribution in [-0.2, 0) is 10.2 Å². The molecule has 17 heavy (non-hydrogen) atoms. The van der Waals surface area contributed by atoms with Crippen molar-refractivity contribution in [3.8, 4) is 0 Å². The number of hydrogen-bond acceptors (Lipinski definition) is 1. The Labute approximate surface area is 107 Å². The second kappa shape index (κ2) is 4.02. The van der Waals surface area contributed by atoms with E-state index in [9.17, 15) is 4.79 Å². The number of hydrogen-bond donors (Lipinski definition) is 0. The third kappa shape index (κ3) is 1.85. The monoisotopic (exact) mass is 249 g/mol. The maximum Gasteiger partial charge on any atom is 0.233 e. The normalized spacial score (nSPS) is 21.6. The molecule has 0 N–H and O–H groups in total. The standard InChI is InChI=1S/C14H16ClNO/c15-12-5-3-11(4-6-12)14(7-8-14)13(17)16-9-1-2-10-16/h3-6H,1-2,7-10H2. The summed E-state index contributed by atoms with van der Waals surface area (Å²) in [7, 11) is 0. The van der Waals surface area contributed by atoms with Gasteiger partial charge >= 0.3 is 0 Å². The first kappa shape index (κ1) is 11.1.